The van der Waals surface area contributed by atoms with Gasteiger partial charge in [0.05, 0.1) is 18.3 Å². The fourth-order valence-corrected chi connectivity index (χ4v) is 4.15. The van der Waals surface area contributed by atoms with Crippen molar-refractivity contribution in [3.05, 3.63) is 54.1 Å². The summed E-state index contributed by atoms with van der Waals surface area (Å²) < 4.78 is 10.7. The standard InChI is InChI=1S/C22H26N2O4S/c1-3-27-22(26)24(2)17-12-10-16(11-13-17)23-21(25)19-8-4-5-9-20(19)29-15-18-7-6-14-28-18/h4-5,8-13,18H,3,6-7,14-15H2,1-2H3,(H,23,25). The van der Waals surface area contributed by atoms with Gasteiger partial charge in [0.2, 0.25) is 0 Å². The quantitative estimate of drug-likeness (QED) is 0.659. The second kappa shape index (κ2) is 10.3. The van der Waals surface area contributed by atoms with Gasteiger partial charge in [0.15, 0.2) is 0 Å². The first kappa shape index (κ1) is 21.2. The lowest BCUT2D eigenvalue weighted by Crippen LogP contribution is -2.26. The van der Waals surface area contributed by atoms with Gasteiger partial charge in [-0.25, -0.2) is 4.79 Å². The average Bonchev–Trinajstić information content (AvgIpc) is 3.26. The van der Waals surface area contributed by atoms with Crippen molar-refractivity contribution in [2.75, 3.05) is 36.2 Å². The number of hydrogen-bond donors (Lipinski definition) is 1. The first-order valence-electron chi connectivity index (χ1n) is 9.73. The molecule has 0 aliphatic carbocycles. The van der Waals surface area contributed by atoms with E-state index < -0.39 is 6.09 Å². The van der Waals surface area contributed by atoms with E-state index in [1.807, 2.05) is 24.3 Å². The van der Waals surface area contributed by atoms with Gasteiger partial charge in [-0.1, -0.05) is 12.1 Å². The van der Waals surface area contributed by atoms with Crippen LogP contribution in [0.5, 0.6) is 0 Å². The normalized spacial score (nSPS) is 15.7. The fourth-order valence-electron chi connectivity index (χ4n) is 3.03. The Balaban J connectivity index is 1.63. The minimum Gasteiger partial charge on any atom is -0.449 e. The molecule has 1 N–H and O–H groups in total. The third-order valence-electron chi connectivity index (χ3n) is 4.63. The molecule has 1 unspecified atom stereocenters. The van der Waals surface area contributed by atoms with E-state index in [1.54, 1.807) is 50.0 Å². The van der Waals surface area contributed by atoms with Crippen LogP contribution >= 0.6 is 11.8 Å². The number of hydrogen-bond acceptors (Lipinski definition) is 5. The topological polar surface area (TPSA) is 67.9 Å². The Kier molecular flexibility index (Phi) is 7.55. The Morgan fingerprint density at radius 3 is 2.66 bits per heavy atom. The van der Waals surface area contributed by atoms with E-state index in [-0.39, 0.29) is 12.0 Å². The molecular formula is C22H26N2O4S. The summed E-state index contributed by atoms with van der Waals surface area (Å²) >= 11 is 1.65. The third-order valence-corrected chi connectivity index (χ3v) is 5.84. The number of ether oxygens (including phenoxy) is 2. The molecule has 6 nitrogen and oxygen atoms in total. The number of carbonyl (C=O) groups excluding carboxylic acids is 2. The maximum Gasteiger partial charge on any atom is 0.413 e. The van der Waals surface area contributed by atoms with Crippen LogP contribution in [0.25, 0.3) is 0 Å². The summed E-state index contributed by atoms with van der Waals surface area (Å²) in [6.07, 6.45) is 2.03. The van der Waals surface area contributed by atoms with E-state index in [0.717, 1.165) is 30.1 Å². The van der Waals surface area contributed by atoms with Crippen LogP contribution < -0.4 is 10.2 Å². The molecule has 2 aromatic rings. The van der Waals surface area contributed by atoms with E-state index in [1.165, 1.54) is 4.90 Å². The predicted molar refractivity (Wildman–Crippen MR) is 116 cm³/mol. The summed E-state index contributed by atoms with van der Waals surface area (Å²) in [5.74, 6) is 0.686. The van der Waals surface area contributed by atoms with Crippen molar-refractivity contribution in [1.82, 2.24) is 0 Å². The van der Waals surface area contributed by atoms with Gasteiger partial charge in [0.1, 0.15) is 0 Å². The molecule has 154 valence electrons. The highest BCUT2D eigenvalue weighted by atomic mass is 32.2. The zero-order chi connectivity index (χ0) is 20.6. The summed E-state index contributed by atoms with van der Waals surface area (Å²) in [6, 6.07) is 14.7. The molecule has 1 heterocycles. The van der Waals surface area contributed by atoms with Crippen LogP contribution in [-0.2, 0) is 9.47 Å². The molecule has 1 atom stereocenters. The maximum absolute atomic E-state index is 12.8. The molecule has 2 aromatic carbocycles. The Morgan fingerprint density at radius 2 is 1.97 bits per heavy atom. The summed E-state index contributed by atoms with van der Waals surface area (Å²) in [5, 5.41) is 2.93. The molecule has 1 aliphatic rings. The predicted octanol–water partition coefficient (Wildman–Crippen LogP) is 4.80. The number of thioether (sulfide) groups is 1. The van der Waals surface area contributed by atoms with Crippen molar-refractivity contribution in [3.8, 4) is 0 Å². The Hall–Kier alpha value is -2.51. The number of nitrogens with zero attached hydrogens (tertiary/aromatic N) is 1. The van der Waals surface area contributed by atoms with Gasteiger partial charge >= 0.3 is 6.09 Å². The monoisotopic (exact) mass is 414 g/mol. The lowest BCUT2D eigenvalue weighted by atomic mass is 10.2. The van der Waals surface area contributed by atoms with Crippen molar-refractivity contribution in [2.24, 2.45) is 0 Å². The second-order valence-corrected chi connectivity index (χ2v) is 7.76. The summed E-state index contributed by atoms with van der Waals surface area (Å²) in [5.41, 5.74) is 1.99. The number of amides is 2. The number of nitrogens with one attached hydrogen (secondary N) is 1. The first-order chi connectivity index (χ1) is 14.1. The number of rotatable bonds is 7. The van der Waals surface area contributed by atoms with Gasteiger partial charge in [-0.3, -0.25) is 9.69 Å². The van der Waals surface area contributed by atoms with Crippen molar-refractivity contribution in [3.63, 3.8) is 0 Å². The Labute approximate surface area is 175 Å². The van der Waals surface area contributed by atoms with Crippen LogP contribution in [0.1, 0.15) is 30.1 Å². The van der Waals surface area contributed by atoms with E-state index in [0.29, 0.717) is 23.5 Å². The minimum atomic E-state index is -0.415. The molecule has 7 heteroatoms. The molecule has 29 heavy (non-hydrogen) atoms. The minimum absolute atomic E-state index is 0.160. The molecule has 0 saturated carbocycles. The Bertz CT molecular complexity index is 835. The summed E-state index contributed by atoms with van der Waals surface area (Å²) in [4.78, 5) is 27.0. The molecule has 0 spiro atoms. The van der Waals surface area contributed by atoms with Crippen LogP contribution in [0.3, 0.4) is 0 Å². The number of carbonyl (C=O) groups is 2. The van der Waals surface area contributed by atoms with Crippen LogP contribution in [0.15, 0.2) is 53.4 Å². The van der Waals surface area contributed by atoms with E-state index in [4.69, 9.17) is 9.47 Å². The van der Waals surface area contributed by atoms with Gasteiger partial charge in [-0.05, 0) is 56.2 Å². The molecule has 0 aromatic heterocycles. The molecule has 3 rings (SSSR count). The van der Waals surface area contributed by atoms with Crippen LogP contribution in [0.2, 0.25) is 0 Å². The lowest BCUT2D eigenvalue weighted by Gasteiger charge is -2.17. The number of anilines is 2. The largest absolute Gasteiger partial charge is 0.449 e. The van der Waals surface area contributed by atoms with Crippen LogP contribution in [0, 0.1) is 0 Å². The lowest BCUT2D eigenvalue weighted by molar-refractivity contribution is 0.102. The maximum atomic E-state index is 12.8. The van der Waals surface area contributed by atoms with Crippen LogP contribution in [-0.4, -0.2) is 44.1 Å². The average molecular weight is 415 g/mol. The molecule has 1 aliphatic heterocycles. The van der Waals surface area contributed by atoms with Crippen molar-refractivity contribution < 1.29 is 19.1 Å². The smallest absolute Gasteiger partial charge is 0.413 e. The molecule has 2 amide bonds. The van der Waals surface area contributed by atoms with Crippen LogP contribution in [0.4, 0.5) is 16.2 Å². The molecular weight excluding hydrogens is 388 g/mol. The first-order valence-corrected chi connectivity index (χ1v) is 10.7. The zero-order valence-electron chi connectivity index (χ0n) is 16.7. The highest BCUT2D eigenvalue weighted by Gasteiger charge is 2.18. The second-order valence-electron chi connectivity index (χ2n) is 6.70. The van der Waals surface area contributed by atoms with Gasteiger partial charge in [-0.15, -0.1) is 11.8 Å². The van der Waals surface area contributed by atoms with E-state index in [9.17, 15) is 9.59 Å². The van der Waals surface area contributed by atoms with E-state index in [2.05, 4.69) is 5.32 Å². The van der Waals surface area contributed by atoms with Gasteiger partial charge < -0.3 is 14.8 Å². The van der Waals surface area contributed by atoms with Gasteiger partial charge in [0.25, 0.3) is 5.91 Å². The van der Waals surface area contributed by atoms with E-state index >= 15 is 0 Å². The van der Waals surface area contributed by atoms with Crippen molar-refractivity contribution >= 4 is 35.1 Å². The van der Waals surface area contributed by atoms with Gasteiger partial charge in [-0.2, -0.15) is 0 Å². The summed E-state index contributed by atoms with van der Waals surface area (Å²) in [6.45, 7) is 2.91. The molecule has 0 radical (unpaired) electrons. The molecule has 0 bridgehead atoms. The fraction of sp³-hybridized carbons (Fsp3) is 0.364. The highest BCUT2D eigenvalue weighted by Crippen LogP contribution is 2.27. The molecule has 1 saturated heterocycles. The summed E-state index contributed by atoms with van der Waals surface area (Å²) in [7, 11) is 1.65. The molecule has 1 fully saturated rings. The van der Waals surface area contributed by atoms with Gasteiger partial charge in [0, 0.05) is 35.7 Å². The third kappa shape index (κ3) is 5.74. The SMILES string of the molecule is CCOC(=O)N(C)c1ccc(NC(=O)c2ccccc2SCC2CCCO2)cc1. The zero-order valence-corrected chi connectivity index (χ0v) is 17.5. The van der Waals surface area contributed by atoms with Crippen molar-refractivity contribution in [1.29, 1.82) is 0 Å². The highest BCUT2D eigenvalue weighted by molar-refractivity contribution is 7.99. The number of benzene rings is 2. The Morgan fingerprint density at radius 1 is 1.21 bits per heavy atom. The van der Waals surface area contributed by atoms with Crippen molar-refractivity contribution in [2.45, 2.75) is 30.8 Å².